The Morgan fingerprint density at radius 2 is 2.07 bits per heavy atom. The zero-order valence-corrected chi connectivity index (χ0v) is 9.91. The maximum Gasteiger partial charge on any atom is 0.222 e. The molecule has 86 valence electrons. The molecule has 0 saturated carbocycles. The first-order valence-electron chi connectivity index (χ1n) is 6.22. The van der Waals surface area contributed by atoms with Crippen LogP contribution in [-0.4, -0.2) is 47.4 Å². The van der Waals surface area contributed by atoms with Crippen LogP contribution in [0.25, 0.3) is 0 Å². The van der Waals surface area contributed by atoms with Crippen LogP contribution in [0, 0.1) is 0 Å². The van der Waals surface area contributed by atoms with Crippen molar-refractivity contribution < 1.29 is 4.79 Å². The summed E-state index contributed by atoms with van der Waals surface area (Å²) in [5.41, 5.74) is 0. The van der Waals surface area contributed by atoms with E-state index in [1.54, 1.807) is 0 Å². The molecule has 2 heterocycles. The number of hydrogen-bond acceptors (Lipinski definition) is 2. The number of carbonyl (C=O) groups is 1. The Labute approximate surface area is 92.4 Å². The first-order valence-corrected chi connectivity index (χ1v) is 6.22. The number of rotatable bonds is 2. The minimum Gasteiger partial charge on any atom is -0.338 e. The minimum absolute atomic E-state index is 0.380. The average molecular weight is 210 g/mol. The number of carbonyl (C=O) groups excluding carboxylic acids is 1. The molecule has 2 saturated heterocycles. The van der Waals surface area contributed by atoms with Gasteiger partial charge < -0.3 is 4.90 Å². The molecule has 2 aliphatic rings. The molecule has 2 fully saturated rings. The summed E-state index contributed by atoms with van der Waals surface area (Å²) in [6.45, 7) is 7.78. The number of piperidine rings is 1. The largest absolute Gasteiger partial charge is 0.338 e. The molecule has 2 rings (SSSR count). The SMILES string of the molecule is CC(C)N1CCCC(N2CCCC2=O)C1. The van der Waals surface area contributed by atoms with Gasteiger partial charge >= 0.3 is 0 Å². The van der Waals surface area contributed by atoms with Crippen LogP contribution in [0.15, 0.2) is 0 Å². The maximum absolute atomic E-state index is 11.7. The van der Waals surface area contributed by atoms with Gasteiger partial charge in [-0.25, -0.2) is 0 Å². The van der Waals surface area contributed by atoms with Gasteiger partial charge in [0.25, 0.3) is 0 Å². The van der Waals surface area contributed by atoms with E-state index in [1.807, 2.05) is 0 Å². The van der Waals surface area contributed by atoms with Crippen LogP contribution in [0.3, 0.4) is 0 Å². The second-order valence-corrected chi connectivity index (χ2v) is 5.08. The van der Waals surface area contributed by atoms with E-state index < -0.39 is 0 Å². The second kappa shape index (κ2) is 4.52. The van der Waals surface area contributed by atoms with Crippen molar-refractivity contribution in [3.05, 3.63) is 0 Å². The maximum atomic E-state index is 11.7. The summed E-state index contributed by atoms with van der Waals surface area (Å²) in [5.74, 6) is 0.380. The van der Waals surface area contributed by atoms with Crippen molar-refractivity contribution in [1.82, 2.24) is 9.80 Å². The van der Waals surface area contributed by atoms with E-state index in [2.05, 4.69) is 23.6 Å². The number of nitrogens with zero attached hydrogens (tertiary/aromatic N) is 2. The molecule has 15 heavy (non-hydrogen) atoms. The lowest BCUT2D eigenvalue weighted by Gasteiger charge is -2.39. The monoisotopic (exact) mass is 210 g/mol. The summed E-state index contributed by atoms with van der Waals surface area (Å²) in [7, 11) is 0. The molecule has 0 bridgehead atoms. The summed E-state index contributed by atoms with van der Waals surface area (Å²) < 4.78 is 0. The fourth-order valence-electron chi connectivity index (χ4n) is 2.76. The van der Waals surface area contributed by atoms with Gasteiger partial charge in [0.2, 0.25) is 5.91 Å². The van der Waals surface area contributed by atoms with Crippen molar-refractivity contribution in [3.8, 4) is 0 Å². The fraction of sp³-hybridized carbons (Fsp3) is 0.917. The fourth-order valence-corrected chi connectivity index (χ4v) is 2.76. The highest BCUT2D eigenvalue weighted by Gasteiger charge is 2.31. The standard InChI is InChI=1S/C12H22N2O/c1-10(2)13-7-3-5-11(9-13)14-8-4-6-12(14)15/h10-11H,3-9H2,1-2H3. The van der Waals surface area contributed by atoms with Crippen LogP contribution >= 0.6 is 0 Å². The van der Waals surface area contributed by atoms with Crippen molar-refractivity contribution in [1.29, 1.82) is 0 Å². The Morgan fingerprint density at radius 3 is 2.67 bits per heavy atom. The topological polar surface area (TPSA) is 23.6 Å². The van der Waals surface area contributed by atoms with Gasteiger partial charge in [-0.1, -0.05) is 0 Å². The molecule has 0 radical (unpaired) electrons. The van der Waals surface area contributed by atoms with E-state index in [-0.39, 0.29) is 0 Å². The third kappa shape index (κ3) is 2.33. The van der Waals surface area contributed by atoms with Gasteiger partial charge in [-0.15, -0.1) is 0 Å². The molecular weight excluding hydrogens is 188 g/mol. The van der Waals surface area contributed by atoms with Crippen molar-refractivity contribution in [2.24, 2.45) is 0 Å². The van der Waals surface area contributed by atoms with Gasteiger partial charge in [-0.3, -0.25) is 9.69 Å². The molecule has 1 unspecified atom stereocenters. The molecule has 3 nitrogen and oxygen atoms in total. The molecular formula is C12H22N2O. The third-order valence-corrected chi connectivity index (χ3v) is 3.71. The van der Waals surface area contributed by atoms with Crippen molar-refractivity contribution in [2.45, 2.75) is 51.6 Å². The summed E-state index contributed by atoms with van der Waals surface area (Å²) in [6, 6.07) is 1.11. The first-order chi connectivity index (χ1) is 7.18. The van der Waals surface area contributed by atoms with Crippen LogP contribution in [-0.2, 0) is 4.79 Å². The van der Waals surface area contributed by atoms with E-state index in [0.717, 1.165) is 25.9 Å². The van der Waals surface area contributed by atoms with Crippen molar-refractivity contribution in [2.75, 3.05) is 19.6 Å². The molecule has 0 N–H and O–H groups in total. The van der Waals surface area contributed by atoms with E-state index in [4.69, 9.17) is 0 Å². The number of hydrogen-bond donors (Lipinski definition) is 0. The van der Waals surface area contributed by atoms with Gasteiger partial charge in [0.05, 0.1) is 0 Å². The highest BCUT2D eigenvalue weighted by atomic mass is 16.2. The van der Waals surface area contributed by atoms with E-state index >= 15 is 0 Å². The van der Waals surface area contributed by atoms with E-state index in [1.165, 1.54) is 19.4 Å². The predicted molar refractivity (Wildman–Crippen MR) is 60.7 cm³/mol. The van der Waals surface area contributed by atoms with Gasteiger partial charge in [-0.05, 0) is 39.7 Å². The zero-order chi connectivity index (χ0) is 10.8. The van der Waals surface area contributed by atoms with E-state index in [0.29, 0.717) is 18.0 Å². The van der Waals surface area contributed by atoms with Crippen LogP contribution in [0.2, 0.25) is 0 Å². The van der Waals surface area contributed by atoms with Crippen LogP contribution in [0.4, 0.5) is 0 Å². The highest BCUT2D eigenvalue weighted by molar-refractivity contribution is 5.78. The van der Waals surface area contributed by atoms with Crippen LogP contribution in [0.1, 0.15) is 39.5 Å². The third-order valence-electron chi connectivity index (χ3n) is 3.71. The smallest absolute Gasteiger partial charge is 0.222 e. The molecule has 1 amide bonds. The summed E-state index contributed by atoms with van der Waals surface area (Å²) in [4.78, 5) is 16.3. The van der Waals surface area contributed by atoms with Gasteiger partial charge in [0.1, 0.15) is 0 Å². The Hall–Kier alpha value is -0.570. The molecule has 0 aliphatic carbocycles. The second-order valence-electron chi connectivity index (χ2n) is 5.08. The molecule has 0 aromatic heterocycles. The molecule has 1 atom stereocenters. The number of amides is 1. The van der Waals surface area contributed by atoms with Crippen LogP contribution in [0.5, 0.6) is 0 Å². The average Bonchev–Trinajstić information content (AvgIpc) is 2.64. The molecule has 0 aromatic carbocycles. The van der Waals surface area contributed by atoms with Crippen LogP contribution < -0.4 is 0 Å². The Morgan fingerprint density at radius 1 is 1.27 bits per heavy atom. The Balaban J connectivity index is 1.94. The molecule has 0 aromatic rings. The quantitative estimate of drug-likeness (QED) is 0.689. The van der Waals surface area contributed by atoms with Gasteiger partial charge in [0.15, 0.2) is 0 Å². The van der Waals surface area contributed by atoms with Crippen molar-refractivity contribution in [3.63, 3.8) is 0 Å². The molecule has 0 spiro atoms. The minimum atomic E-state index is 0.380. The predicted octanol–water partition coefficient (Wildman–Crippen LogP) is 1.48. The highest BCUT2D eigenvalue weighted by Crippen LogP contribution is 2.22. The Kier molecular flexibility index (Phi) is 3.29. The summed E-state index contributed by atoms with van der Waals surface area (Å²) in [5, 5.41) is 0. The summed E-state index contributed by atoms with van der Waals surface area (Å²) in [6.07, 6.45) is 4.29. The van der Waals surface area contributed by atoms with Crippen molar-refractivity contribution >= 4 is 5.91 Å². The van der Waals surface area contributed by atoms with Gasteiger partial charge in [-0.2, -0.15) is 0 Å². The van der Waals surface area contributed by atoms with Gasteiger partial charge in [0, 0.05) is 31.6 Å². The lowest BCUT2D eigenvalue weighted by atomic mass is 10.0. The lowest BCUT2D eigenvalue weighted by Crippen LogP contribution is -2.50. The molecule has 2 aliphatic heterocycles. The number of likely N-dealkylation sites (tertiary alicyclic amines) is 2. The summed E-state index contributed by atoms with van der Waals surface area (Å²) >= 11 is 0. The zero-order valence-electron chi connectivity index (χ0n) is 9.91. The lowest BCUT2D eigenvalue weighted by molar-refractivity contribution is -0.130. The Bertz CT molecular complexity index is 240. The molecule has 3 heteroatoms. The van der Waals surface area contributed by atoms with E-state index in [9.17, 15) is 4.79 Å². The normalized spacial score (nSPS) is 29.1. The first kappa shape index (κ1) is 10.9.